The van der Waals surface area contributed by atoms with Gasteiger partial charge in [-0.1, -0.05) is 0 Å². The van der Waals surface area contributed by atoms with Crippen LogP contribution in [0, 0.1) is 5.82 Å². The molecule has 1 aromatic heterocycles. The second-order valence-electron chi connectivity index (χ2n) is 4.13. The number of hydrogen-bond acceptors (Lipinski definition) is 2. The van der Waals surface area contributed by atoms with Gasteiger partial charge in [-0.3, -0.25) is 4.79 Å². The van der Waals surface area contributed by atoms with Crippen LogP contribution in [0.4, 0.5) is 10.1 Å². The van der Waals surface area contributed by atoms with Gasteiger partial charge in [-0.2, -0.15) is 0 Å². The molecule has 20 heavy (non-hydrogen) atoms. The number of hydrogen-bond donors (Lipinski definition) is 2. The van der Waals surface area contributed by atoms with Crippen molar-refractivity contribution in [2.24, 2.45) is 0 Å². The Labute approximate surface area is 114 Å². The van der Waals surface area contributed by atoms with Crippen molar-refractivity contribution in [2.45, 2.75) is 13.5 Å². The van der Waals surface area contributed by atoms with E-state index < -0.39 is 17.3 Å². The number of carbonyl (C=O) groups is 2. The Bertz CT molecular complexity index is 664. The summed E-state index contributed by atoms with van der Waals surface area (Å²) in [5, 5.41) is 11.3. The summed E-state index contributed by atoms with van der Waals surface area (Å²) >= 11 is 0. The van der Waals surface area contributed by atoms with Gasteiger partial charge in [-0.05, 0) is 37.3 Å². The zero-order valence-electron chi connectivity index (χ0n) is 10.8. The molecule has 1 heterocycles. The molecular weight excluding hydrogens is 263 g/mol. The predicted molar refractivity (Wildman–Crippen MR) is 71.4 cm³/mol. The summed E-state index contributed by atoms with van der Waals surface area (Å²) in [5.74, 6) is -2.61. The topological polar surface area (TPSA) is 71.3 Å². The summed E-state index contributed by atoms with van der Waals surface area (Å²) in [4.78, 5) is 22.7. The number of carboxylic acids is 1. The van der Waals surface area contributed by atoms with Gasteiger partial charge in [0, 0.05) is 18.4 Å². The second-order valence-corrected chi connectivity index (χ2v) is 4.13. The molecule has 2 rings (SSSR count). The fourth-order valence-electron chi connectivity index (χ4n) is 1.86. The Morgan fingerprint density at radius 2 is 2.10 bits per heavy atom. The summed E-state index contributed by atoms with van der Waals surface area (Å²) in [5.41, 5.74) is 0.233. The van der Waals surface area contributed by atoms with Crippen molar-refractivity contribution < 1.29 is 19.1 Å². The van der Waals surface area contributed by atoms with E-state index in [0.717, 1.165) is 12.1 Å². The number of nitrogens with zero attached hydrogens (tertiary/aromatic N) is 1. The van der Waals surface area contributed by atoms with E-state index in [4.69, 9.17) is 5.11 Å². The van der Waals surface area contributed by atoms with Crippen LogP contribution in [0.5, 0.6) is 0 Å². The highest BCUT2D eigenvalue weighted by Crippen LogP contribution is 2.16. The quantitative estimate of drug-likeness (QED) is 0.901. The number of aromatic nitrogens is 1. The van der Waals surface area contributed by atoms with Crippen molar-refractivity contribution in [3.8, 4) is 0 Å². The molecule has 0 aliphatic rings. The minimum Gasteiger partial charge on any atom is -0.478 e. The van der Waals surface area contributed by atoms with Crippen molar-refractivity contribution in [3.05, 3.63) is 53.6 Å². The lowest BCUT2D eigenvalue weighted by Gasteiger charge is -2.08. The lowest BCUT2D eigenvalue weighted by molar-refractivity contribution is 0.0692. The van der Waals surface area contributed by atoms with E-state index in [1.54, 1.807) is 22.9 Å². The minimum absolute atomic E-state index is 0.210. The van der Waals surface area contributed by atoms with Crippen LogP contribution in [-0.2, 0) is 6.54 Å². The molecule has 2 aromatic rings. The van der Waals surface area contributed by atoms with E-state index in [1.807, 2.05) is 6.92 Å². The van der Waals surface area contributed by atoms with Gasteiger partial charge in [0.25, 0.3) is 5.91 Å². The number of carboxylic acid groups (broad SMARTS) is 1. The third kappa shape index (κ3) is 2.69. The molecule has 0 atom stereocenters. The van der Waals surface area contributed by atoms with Crippen molar-refractivity contribution in [1.82, 2.24) is 4.57 Å². The maximum Gasteiger partial charge on any atom is 0.338 e. The van der Waals surface area contributed by atoms with E-state index in [2.05, 4.69) is 5.32 Å². The second kappa shape index (κ2) is 5.56. The normalized spacial score (nSPS) is 10.3. The molecule has 0 saturated carbocycles. The Morgan fingerprint density at radius 1 is 1.35 bits per heavy atom. The average molecular weight is 276 g/mol. The first-order valence-corrected chi connectivity index (χ1v) is 6.02. The van der Waals surface area contributed by atoms with Gasteiger partial charge in [0.1, 0.15) is 11.5 Å². The number of aromatic carboxylic acids is 1. The fraction of sp³-hybridized carbons (Fsp3) is 0.143. The molecule has 0 saturated heterocycles. The molecule has 0 radical (unpaired) electrons. The molecule has 0 bridgehead atoms. The molecular formula is C14H13FN2O3. The van der Waals surface area contributed by atoms with Gasteiger partial charge >= 0.3 is 5.97 Å². The lowest BCUT2D eigenvalue weighted by atomic mass is 10.2. The molecule has 0 aliphatic carbocycles. The minimum atomic E-state index is -1.35. The highest BCUT2D eigenvalue weighted by molar-refractivity contribution is 6.03. The zero-order valence-corrected chi connectivity index (χ0v) is 10.8. The van der Waals surface area contributed by atoms with Gasteiger partial charge < -0.3 is 15.0 Å². The Morgan fingerprint density at radius 3 is 2.70 bits per heavy atom. The molecule has 6 heteroatoms. The number of amides is 1. The number of anilines is 1. The largest absolute Gasteiger partial charge is 0.478 e. The summed E-state index contributed by atoms with van der Waals surface area (Å²) in [6.45, 7) is 2.54. The number of benzene rings is 1. The van der Waals surface area contributed by atoms with E-state index in [1.165, 1.54) is 6.07 Å². The monoisotopic (exact) mass is 276 g/mol. The summed E-state index contributed by atoms with van der Waals surface area (Å²) in [7, 11) is 0. The van der Waals surface area contributed by atoms with Crippen LogP contribution in [0.3, 0.4) is 0 Å². The first-order chi connectivity index (χ1) is 9.52. The van der Waals surface area contributed by atoms with Crippen molar-refractivity contribution in [2.75, 3.05) is 5.32 Å². The Balaban J connectivity index is 2.20. The standard InChI is InChI=1S/C14H13FN2O3/c1-2-17-7-3-4-12(17)13(18)16-9-5-6-10(14(19)20)11(15)8-9/h3-8H,2H2,1H3,(H,16,18)(H,19,20). The van der Waals surface area contributed by atoms with Crippen LogP contribution >= 0.6 is 0 Å². The molecule has 0 aliphatic heterocycles. The van der Waals surface area contributed by atoms with Crippen molar-refractivity contribution in [1.29, 1.82) is 0 Å². The zero-order chi connectivity index (χ0) is 14.7. The Hall–Kier alpha value is -2.63. The number of rotatable bonds is 4. The molecule has 0 fully saturated rings. The number of carbonyl (C=O) groups excluding carboxylic acids is 1. The molecule has 0 spiro atoms. The third-order valence-corrected chi connectivity index (χ3v) is 2.86. The smallest absolute Gasteiger partial charge is 0.338 e. The number of nitrogens with one attached hydrogen (secondary N) is 1. The van der Waals surface area contributed by atoms with Gasteiger partial charge in [0.15, 0.2) is 0 Å². The Kier molecular flexibility index (Phi) is 3.84. The first kappa shape index (κ1) is 13.8. The van der Waals surface area contributed by atoms with E-state index >= 15 is 0 Å². The van der Waals surface area contributed by atoms with Crippen LogP contribution in [0.2, 0.25) is 0 Å². The average Bonchev–Trinajstić information content (AvgIpc) is 2.86. The molecule has 1 aromatic carbocycles. The maximum absolute atomic E-state index is 13.5. The van der Waals surface area contributed by atoms with E-state index in [0.29, 0.717) is 12.2 Å². The predicted octanol–water partition coefficient (Wildman–Crippen LogP) is 2.60. The van der Waals surface area contributed by atoms with E-state index in [9.17, 15) is 14.0 Å². The van der Waals surface area contributed by atoms with Crippen molar-refractivity contribution >= 4 is 17.6 Å². The maximum atomic E-state index is 13.5. The van der Waals surface area contributed by atoms with Crippen molar-refractivity contribution in [3.63, 3.8) is 0 Å². The fourth-order valence-corrected chi connectivity index (χ4v) is 1.86. The van der Waals surface area contributed by atoms with Gasteiger partial charge in [0.2, 0.25) is 0 Å². The number of aryl methyl sites for hydroxylation is 1. The van der Waals surface area contributed by atoms with Crippen LogP contribution in [-0.4, -0.2) is 21.6 Å². The summed E-state index contributed by atoms with van der Waals surface area (Å²) < 4.78 is 15.2. The van der Waals surface area contributed by atoms with Gasteiger partial charge in [-0.25, -0.2) is 9.18 Å². The highest BCUT2D eigenvalue weighted by Gasteiger charge is 2.13. The van der Waals surface area contributed by atoms with Crippen LogP contribution in [0.15, 0.2) is 36.5 Å². The van der Waals surface area contributed by atoms with Crippen LogP contribution < -0.4 is 5.32 Å². The summed E-state index contributed by atoms with van der Waals surface area (Å²) in [6.07, 6.45) is 1.77. The number of halogens is 1. The molecule has 1 amide bonds. The van der Waals surface area contributed by atoms with E-state index in [-0.39, 0.29) is 11.6 Å². The SMILES string of the molecule is CCn1cccc1C(=O)Nc1ccc(C(=O)O)c(F)c1. The molecule has 104 valence electrons. The first-order valence-electron chi connectivity index (χ1n) is 6.02. The summed E-state index contributed by atoms with van der Waals surface area (Å²) in [6, 6.07) is 6.85. The third-order valence-electron chi connectivity index (χ3n) is 2.86. The molecule has 0 unspecified atom stereocenters. The molecule has 5 nitrogen and oxygen atoms in total. The lowest BCUT2D eigenvalue weighted by Crippen LogP contribution is -2.16. The van der Waals surface area contributed by atoms with Gasteiger partial charge in [-0.15, -0.1) is 0 Å². The van der Waals surface area contributed by atoms with Gasteiger partial charge in [0.05, 0.1) is 5.56 Å². The van der Waals surface area contributed by atoms with Crippen LogP contribution in [0.1, 0.15) is 27.8 Å². The highest BCUT2D eigenvalue weighted by atomic mass is 19.1. The molecule has 2 N–H and O–H groups in total. The van der Waals surface area contributed by atoms with Crippen LogP contribution in [0.25, 0.3) is 0 Å².